The number of carbonyl (C=O) groups is 1. The first kappa shape index (κ1) is 13.8. The molecule has 19 heavy (non-hydrogen) atoms. The van der Waals surface area contributed by atoms with E-state index >= 15 is 0 Å². The summed E-state index contributed by atoms with van der Waals surface area (Å²) >= 11 is 0. The summed E-state index contributed by atoms with van der Waals surface area (Å²) in [5, 5.41) is 2.87. The molecule has 1 saturated heterocycles. The van der Waals surface area contributed by atoms with Gasteiger partial charge in [0.05, 0.1) is 0 Å². The molecule has 1 fully saturated rings. The van der Waals surface area contributed by atoms with Crippen LogP contribution in [0.1, 0.15) is 28.9 Å². The van der Waals surface area contributed by atoms with Gasteiger partial charge < -0.3 is 15.2 Å². The fourth-order valence-corrected chi connectivity index (χ4v) is 2.35. The SMILES string of the molecule is Cc1cc(=O)c(C(=O)NCC2CCN(C)CC2)c[nH]1. The van der Waals surface area contributed by atoms with Crippen LogP contribution in [0.15, 0.2) is 17.1 Å². The number of aryl methyl sites for hydroxylation is 1. The van der Waals surface area contributed by atoms with Crippen molar-refractivity contribution in [3.05, 3.63) is 33.7 Å². The molecular formula is C14H21N3O2. The first-order valence-electron chi connectivity index (χ1n) is 6.72. The number of H-pyrrole nitrogens is 1. The minimum Gasteiger partial charge on any atom is -0.364 e. The third-order valence-electron chi connectivity index (χ3n) is 3.69. The molecule has 0 saturated carbocycles. The molecule has 0 unspecified atom stereocenters. The molecular weight excluding hydrogens is 242 g/mol. The van der Waals surface area contributed by atoms with E-state index in [1.165, 1.54) is 12.3 Å². The second-order valence-corrected chi connectivity index (χ2v) is 5.35. The lowest BCUT2D eigenvalue weighted by atomic mass is 9.97. The fourth-order valence-electron chi connectivity index (χ4n) is 2.35. The molecule has 0 spiro atoms. The van der Waals surface area contributed by atoms with Crippen molar-refractivity contribution < 1.29 is 4.79 Å². The minimum atomic E-state index is -0.278. The number of nitrogens with one attached hydrogen (secondary N) is 2. The van der Waals surface area contributed by atoms with Gasteiger partial charge in [-0.3, -0.25) is 9.59 Å². The maximum atomic E-state index is 11.9. The summed E-state index contributed by atoms with van der Waals surface area (Å²) in [5.41, 5.74) is 0.729. The normalized spacial score (nSPS) is 17.4. The Morgan fingerprint density at radius 1 is 1.47 bits per heavy atom. The number of pyridine rings is 1. The van der Waals surface area contributed by atoms with Gasteiger partial charge in [-0.25, -0.2) is 0 Å². The second kappa shape index (κ2) is 6.02. The van der Waals surface area contributed by atoms with Gasteiger partial charge in [-0.2, -0.15) is 0 Å². The molecule has 5 heteroatoms. The largest absolute Gasteiger partial charge is 0.364 e. The summed E-state index contributed by atoms with van der Waals surface area (Å²) in [6.07, 6.45) is 3.68. The number of carbonyl (C=O) groups excluding carboxylic acids is 1. The first-order chi connectivity index (χ1) is 9.06. The number of hydrogen-bond acceptors (Lipinski definition) is 3. The quantitative estimate of drug-likeness (QED) is 0.846. The number of rotatable bonds is 3. The molecule has 1 aliphatic heterocycles. The minimum absolute atomic E-state index is 0.193. The van der Waals surface area contributed by atoms with Crippen molar-refractivity contribution in [2.75, 3.05) is 26.7 Å². The van der Waals surface area contributed by atoms with Crippen molar-refractivity contribution in [3.8, 4) is 0 Å². The Kier molecular flexibility index (Phi) is 4.37. The third-order valence-corrected chi connectivity index (χ3v) is 3.69. The van der Waals surface area contributed by atoms with Gasteiger partial charge in [0, 0.05) is 24.5 Å². The Morgan fingerprint density at radius 3 is 2.79 bits per heavy atom. The van der Waals surface area contributed by atoms with Crippen LogP contribution in [0.4, 0.5) is 0 Å². The Labute approximate surface area is 113 Å². The highest BCUT2D eigenvalue weighted by molar-refractivity contribution is 5.93. The topological polar surface area (TPSA) is 65.2 Å². The highest BCUT2D eigenvalue weighted by atomic mass is 16.2. The number of amides is 1. The van der Waals surface area contributed by atoms with Crippen LogP contribution >= 0.6 is 0 Å². The number of nitrogens with zero attached hydrogens (tertiary/aromatic N) is 1. The number of hydrogen-bond donors (Lipinski definition) is 2. The lowest BCUT2D eigenvalue weighted by molar-refractivity contribution is 0.0937. The molecule has 5 nitrogen and oxygen atoms in total. The van der Waals surface area contributed by atoms with E-state index in [0.29, 0.717) is 12.5 Å². The van der Waals surface area contributed by atoms with Gasteiger partial charge in [-0.05, 0) is 45.8 Å². The summed E-state index contributed by atoms with van der Waals surface area (Å²) in [6, 6.07) is 1.45. The smallest absolute Gasteiger partial charge is 0.256 e. The Hall–Kier alpha value is -1.62. The lowest BCUT2D eigenvalue weighted by Gasteiger charge is -2.28. The van der Waals surface area contributed by atoms with Gasteiger partial charge in [0.25, 0.3) is 5.91 Å². The summed E-state index contributed by atoms with van der Waals surface area (Å²) in [4.78, 5) is 28.8. The van der Waals surface area contributed by atoms with Crippen molar-refractivity contribution in [2.24, 2.45) is 5.92 Å². The lowest BCUT2D eigenvalue weighted by Crippen LogP contribution is -2.38. The van der Waals surface area contributed by atoms with Crippen molar-refractivity contribution >= 4 is 5.91 Å². The number of aromatic amines is 1. The Balaban J connectivity index is 1.89. The Bertz CT molecular complexity index is 502. The van der Waals surface area contributed by atoms with Crippen LogP contribution in [0.25, 0.3) is 0 Å². The predicted molar refractivity (Wildman–Crippen MR) is 74.4 cm³/mol. The summed E-state index contributed by atoms with van der Waals surface area (Å²) < 4.78 is 0. The van der Waals surface area contributed by atoms with Gasteiger partial charge in [-0.15, -0.1) is 0 Å². The van der Waals surface area contributed by atoms with Crippen LogP contribution in [0, 0.1) is 12.8 Å². The molecule has 2 N–H and O–H groups in total. The molecule has 1 aromatic heterocycles. The van der Waals surface area contributed by atoms with Gasteiger partial charge in [0.2, 0.25) is 0 Å². The van der Waals surface area contributed by atoms with Crippen LogP contribution in [0.3, 0.4) is 0 Å². The van der Waals surface area contributed by atoms with E-state index in [4.69, 9.17) is 0 Å². The zero-order valence-electron chi connectivity index (χ0n) is 11.5. The van der Waals surface area contributed by atoms with Crippen LogP contribution in [-0.4, -0.2) is 42.5 Å². The van der Waals surface area contributed by atoms with E-state index in [1.54, 1.807) is 6.92 Å². The van der Waals surface area contributed by atoms with Crippen LogP contribution in [0.5, 0.6) is 0 Å². The molecule has 0 atom stereocenters. The molecule has 0 radical (unpaired) electrons. The van der Waals surface area contributed by atoms with E-state index in [0.717, 1.165) is 31.6 Å². The summed E-state index contributed by atoms with van der Waals surface area (Å²) in [7, 11) is 2.11. The van der Waals surface area contributed by atoms with E-state index < -0.39 is 0 Å². The monoisotopic (exact) mass is 263 g/mol. The van der Waals surface area contributed by atoms with Gasteiger partial charge in [0.15, 0.2) is 5.43 Å². The highest BCUT2D eigenvalue weighted by Gasteiger charge is 2.18. The molecule has 0 bridgehead atoms. The van der Waals surface area contributed by atoms with Crippen molar-refractivity contribution in [3.63, 3.8) is 0 Å². The number of likely N-dealkylation sites (tertiary alicyclic amines) is 1. The van der Waals surface area contributed by atoms with Crippen molar-refractivity contribution in [1.82, 2.24) is 15.2 Å². The van der Waals surface area contributed by atoms with E-state index in [1.807, 2.05) is 0 Å². The van der Waals surface area contributed by atoms with Gasteiger partial charge in [0.1, 0.15) is 5.56 Å². The maximum absolute atomic E-state index is 11.9. The average Bonchev–Trinajstić information content (AvgIpc) is 2.37. The van der Waals surface area contributed by atoms with E-state index in [-0.39, 0.29) is 16.9 Å². The van der Waals surface area contributed by atoms with Crippen LogP contribution < -0.4 is 10.7 Å². The third kappa shape index (κ3) is 3.67. The van der Waals surface area contributed by atoms with Gasteiger partial charge >= 0.3 is 0 Å². The van der Waals surface area contributed by atoms with Crippen LogP contribution in [-0.2, 0) is 0 Å². The van der Waals surface area contributed by atoms with E-state index in [2.05, 4.69) is 22.2 Å². The zero-order chi connectivity index (χ0) is 13.8. The average molecular weight is 263 g/mol. The molecule has 104 valence electrons. The molecule has 1 aliphatic rings. The maximum Gasteiger partial charge on any atom is 0.256 e. The van der Waals surface area contributed by atoms with Crippen molar-refractivity contribution in [2.45, 2.75) is 19.8 Å². The first-order valence-corrected chi connectivity index (χ1v) is 6.72. The number of aromatic nitrogens is 1. The van der Waals surface area contributed by atoms with Crippen molar-refractivity contribution in [1.29, 1.82) is 0 Å². The molecule has 2 rings (SSSR count). The van der Waals surface area contributed by atoms with Gasteiger partial charge in [-0.1, -0.05) is 0 Å². The second-order valence-electron chi connectivity index (χ2n) is 5.35. The fraction of sp³-hybridized carbons (Fsp3) is 0.571. The molecule has 0 aliphatic carbocycles. The summed E-state index contributed by atoms with van der Waals surface area (Å²) in [5.74, 6) is 0.241. The molecule has 2 heterocycles. The zero-order valence-corrected chi connectivity index (χ0v) is 11.5. The molecule has 0 aromatic carbocycles. The predicted octanol–water partition coefficient (Wildman–Crippen LogP) is 0.755. The molecule has 1 aromatic rings. The van der Waals surface area contributed by atoms with E-state index in [9.17, 15) is 9.59 Å². The highest BCUT2D eigenvalue weighted by Crippen LogP contribution is 2.14. The van der Waals surface area contributed by atoms with Crippen LogP contribution in [0.2, 0.25) is 0 Å². The summed E-state index contributed by atoms with van der Waals surface area (Å²) in [6.45, 7) is 4.60. The molecule has 1 amide bonds. The number of piperidine rings is 1. The standard InChI is InChI=1S/C14H21N3O2/c1-10-7-13(18)12(9-15-10)14(19)16-8-11-3-5-17(2)6-4-11/h7,9,11H,3-6,8H2,1-2H3,(H,15,18)(H,16,19). The Morgan fingerprint density at radius 2 is 2.16 bits per heavy atom.